The number of nitrogens with one attached hydrogen (secondary N) is 1. The molecule has 2 N–H and O–H groups in total. The van der Waals surface area contributed by atoms with Crippen LogP contribution in [0.15, 0.2) is 29.4 Å². The molecule has 1 amide bonds. The van der Waals surface area contributed by atoms with Gasteiger partial charge in [-0.3, -0.25) is 4.79 Å². The van der Waals surface area contributed by atoms with Gasteiger partial charge in [0, 0.05) is 11.4 Å². The zero-order chi connectivity index (χ0) is 18.0. The van der Waals surface area contributed by atoms with E-state index in [0.717, 1.165) is 11.4 Å². The van der Waals surface area contributed by atoms with Crippen molar-refractivity contribution in [2.24, 2.45) is 5.10 Å². The molecule has 2 heterocycles. The number of ether oxygens (including phenoxy) is 1. The second-order valence-corrected chi connectivity index (χ2v) is 5.32. The van der Waals surface area contributed by atoms with Gasteiger partial charge in [-0.25, -0.2) is 14.9 Å². The topological polar surface area (TPSA) is 114 Å². The summed E-state index contributed by atoms with van der Waals surface area (Å²) in [5, 5.41) is 17.5. The van der Waals surface area contributed by atoms with Crippen LogP contribution >= 0.6 is 0 Å². The van der Waals surface area contributed by atoms with E-state index in [1.54, 1.807) is 12.1 Å². The highest BCUT2D eigenvalue weighted by Crippen LogP contribution is 2.25. The maximum atomic E-state index is 12.1. The number of benzene rings is 1. The monoisotopic (exact) mass is 340 g/mol. The summed E-state index contributed by atoms with van der Waals surface area (Å²) in [5.74, 6) is 0.117. The van der Waals surface area contributed by atoms with E-state index in [4.69, 9.17) is 4.74 Å². The molecule has 0 unspecified atom stereocenters. The highest BCUT2D eigenvalue weighted by Gasteiger charge is 2.14. The molecule has 3 aromatic rings. The molecule has 0 radical (unpaired) electrons. The Morgan fingerprint density at radius 3 is 2.88 bits per heavy atom. The molecule has 3 rings (SSSR count). The molecular weight excluding hydrogens is 324 g/mol. The number of phenolic OH excluding ortho intramolecular Hbond substituents is 1. The lowest BCUT2D eigenvalue weighted by Crippen LogP contribution is -2.19. The minimum absolute atomic E-state index is 0.0238. The number of hydrogen-bond donors (Lipinski definition) is 2. The van der Waals surface area contributed by atoms with Crippen molar-refractivity contribution in [3.8, 4) is 11.5 Å². The summed E-state index contributed by atoms with van der Waals surface area (Å²) in [6.07, 6.45) is 1.42. The molecule has 0 aliphatic carbocycles. The van der Waals surface area contributed by atoms with Crippen molar-refractivity contribution < 1.29 is 14.6 Å². The number of methoxy groups -OCH3 is 1. The number of aryl methyl sites for hydroxylation is 2. The Hall–Kier alpha value is -3.49. The van der Waals surface area contributed by atoms with Gasteiger partial charge >= 0.3 is 5.91 Å². The molecule has 1 aromatic carbocycles. The van der Waals surface area contributed by atoms with Gasteiger partial charge in [-0.2, -0.15) is 10.1 Å². The number of nitrogens with zero attached hydrogens (tertiary/aromatic N) is 5. The van der Waals surface area contributed by atoms with Gasteiger partial charge in [0.1, 0.15) is 0 Å². The maximum absolute atomic E-state index is 12.1. The van der Waals surface area contributed by atoms with E-state index in [9.17, 15) is 9.90 Å². The molecule has 0 fully saturated rings. The average molecular weight is 340 g/mol. The fourth-order valence-electron chi connectivity index (χ4n) is 2.25. The molecule has 9 nitrogen and oxygen atoms in total. The van der Waals surface area contributed by atoms with Crippen LogP contribution in [0.4, 0.5) is 0 Å². The molecule has 9 heteroatoms. The van der Waals surface area contributed by atoms with E-state index < -0.39 is 5.91 Å². The van der Waals surface area contributed by atoms with Crippen molar-refractivity contribution in [3.63, 3.8) is 0 Å². The average Bonchev–Trinajstić information content (AvgIpc) is 3.00. The number of amides is 1. The Kier molecular flexibility index (Phi) is 4.29. The summed E-state index contributed by atoms with van der Waals surface area (Å²) >= 11 is 0. The summed E-state index contributed by atoms with van der Waals surface area (Å²) in [5.41, 5.74) is 4.62. The lowest BCUT2D eigenvalue weighted by atomic mass is 10.2. The Labute approximate surface area is 143 Å². The van der Waals surface area contributed by atoms with Gasteiger partial charge in [0.2, 0.25) is 5.82 Å². The molecule has 25 heavy (non-hydrogen) atoms. The Balaban J connectivity index is 1.75. The maximum Gasteiger partial charge on any atom is 0.311 e. The number of hydrogen-bond acceptors (Lipinski definition) is 7. The van der Waals surface area contributed by atoms with Gasteiger partial charge in [-0.1, -0.05) is 0 Å². The number of carbonyl (C=O) groups is 1. The number of aromatic nitrogens is 4. The smallest absolute Gasteiger partial charge is 0.311 e. The van der Waals surface area contributed by atoms with Crippen LogP contribution in [-0.4, -0.2) is 43.9 Å². The predicted molar refractivity (Wildman–Crippen MR) is 90.0 cm³/mol. The highest BCUT2D eigenvalue weighted by molar-refractivity contribution is 5.91. The minimum atomic E-state index is -0.551. The molecule has 128 valence electrons. The number of aromatic hydroxyl groups is 1. The highest BCUT2D eigenvalue weighted by atomic mass is 16.5. The van der Waals surface area contributed by atoms with Crippen molar-refractivity contribution in [1.82, 2.24) is 25.0 Å². The van der Waals surface area contributed by atoms with Crippen LogP contribution in [0.1, 0.15) is 27.6 Å². The van der Waals surface area contributed by atoms with Gasteiger partial charge in [0.05, 0.1) is 13.3 Å². The molecule has 0 saturated carbocycles. The summed E-state index contributed by atoms with van der Waals surface area (Å²) in [4.78, 5) is 20.5. The van der Waals surface area contributed by atoms with Gasteiger partial charge in [-0.05, 0) is 43.7 Å². The largest absolute Gasteiger partial charge is 0.504 e. The van der Waals surface area contributed by atoms with Crippen LogP contribution in [0.5, 0.6) is 11.5 Å². The first-order valence-corrected chi connectivity index (χ1v) is 7.39. The number of carbonyl (C=O) groups excluding carboxylic acids is 1. The summed E-state index contributed by atoms with van der Waals surface area (Å²) in [6.45, 7) is 3.70. The third kappa shape index (κ3) is 3.39. The van der Waals surface area contributed by atoms with E-state index in [1.807, 2.05) is 19.9 Å². The molecule has 0 spiro atoms. The molecule has 0 aliphatic rings. The van der Waals surface area contributed by atoms with Crippen LogP contribution in [0, 0.1) is 13.8 Å². The molecule has 0 atom stereocenters. The van der Waals surface area contributed by atoms with Crippen molar-refractivity contribution in [1.29, 1.82) is 0 Å². The van der Waals surface area contributed by atoms with E-state index in [-0.39, 0.29) is 11.6 Å². The molecule has 0 aliphatic heterocycles. The zero-order valence-corrected chi connectivity index (χ0v) is 13.9. The molecule has 0 saturated heterocycles. The summed E-state index contributed by atoms with van der Waals surface area (Å²) in [7, 11) is 1.45. The first-order chi connectivity index (χ1) is 12.0. The fraction of sp³-hybridized carbons (Fsp3) is 0.188. The third-order valence-electron chi connectivity index (χ3n) is 3.40. The fourth-order valence-corrected chi connectivity index (χ4v) is 2.25. The first-order valence-electron chi connectivity index (χ1n) is 7.39. The second kappa shape index (κ2) is 6.56. The normalized spacial score (nSPS) is 11.2. The van der Waals surface area contributed by atoms with E-state index in [2.05, 4.69) is 25.6 Å². The van der Waals surface area contributed by atoms with Gasteiger partial charge in [-0.15, -0.1) is 5.10 Å². The van der Waals surface area contributed by atoms with Gasteiger partial charge in [0.15, 0.2) is 11.5 Å². The van der Waals surface area contributed by atoms with Crippen LogP contribution in [0.3, 0.4) is 0 Å². The number of phenols is 1. The minimum Gasteiger partial charge on any atom is -0.504 e. The number of hydrazone groups is 1. The predicted octanol–water partition coefficient (Wildman–Crippen LogP) is 1.22. The first kappa shape index (κ1) is 16.4. The van der Waals surface area contributed by atoms with E-state index >= 15 is 0 Å². The van der Waals surface area contributed by atoms with Crippen molar-refractivity contribution in [3.05, 3.63) is 47.0 Å². The summed E-state index contributed by atoms with van der Waals surface area (Å²) in [6, 6.07) is 6.54. The van der Waals surface area contributed by atoms with E-state index in [0.29, 0.717) is 17.1 Å². The zero-order valence-electron chi connectivity index (χ0n) is 13.9. The molecule has 2 aromatic heterocycles. The SMILES string of the molecule is COc1cc(/C=N/NC(=O)c2nc3nc(C)cc(C)n3n2)ccc1O. The van der Waals surface area contributed by atoms with Crippen LogP contribution in [0.2, 0.25) is 0 Å². The molecular formula is C16H16N6O3. The Bertz CT molecular complexity index is 979. The number of fused-ring (bicyclic) bond motifs is 1. The molecule has 0 bridgehead atoms. The van der Waals surface area contributed by atoms with Crippen molar-refractivity contribution in [2.75, 3.05) is 7.11 Å². The third-order valence-corrected chi connectivity index (χ3v) is 3.40. The van der Waals surface area contributed by atoms with Gasteiger partial charge < -0.3 is 9.84 Å². The van der Waals surface area contributed by atoms with E-state index in [1.165, 1.54) is 23.9 Å². The lowest BCUT2D eigenvalue weighted by molar-refractivity contribution is 0.0945. The van der Waals surface area contributed by atoms with Gasteiger partial charge in [0.25, 0.3) is 5.78 Å². The Morgan fingerprint density at radius 2 is 2.12 bits per heavy atom. The lowest BCUT2D eigenvalue weighted by Gasteiger charge is -2.03. The quantitative estimate of drug-likeness (QED) is 0.545. The van der Waals surface area contributed by atoms with Crippen LogP contribution in [-0.2, 0) is 0 Å². The summed E-state index contributed by atoms with van der Waals surface area (Å²) < 4.78 is 6.50. The van der Waals surface area contributed by atoms with Crippen LogP contribution < -0.4 is 10.2 Å². The number of rotatable bonds is 4. The van der Waals surface area contributed by atoms with Crippen molar-refractivity contribution >= 4 is 17.9 Å². The second-order valence-electron chi connectivity index (χ2n) is 5.32. The van der Waals surface area contributed by atoms with Crippen LogP contribution in [0.25, 0.3) is 5.78 Å². The Morgan fingerprint density at radius 1 is 1.32 bits per heavy atom. The van der Waals surface area contributed by atoms with Crippen molar-refractivity contribution in [2.45, 2.75) is 13.8 Å². The standard InChI is InChI=1S/C16H16N6O3/c1-9-6-10(2)22-16(18-9)19-14(21-22)15(24)20-17-8-11-4-5-12(23)13(7-11)25-3/h4-8,23H,1-3H3,(H,20,24)/b17-8+.